The van der Waals surface area contributed by atoms with Gasteiger partial charge in [0.25, 0.3) is 0 Å². The van der Waals surface area contributed by atoms with Crippen LogP contribution in [0, 0.1) is 0 Å². The Kier molecular flexibility index (Phi) is 9.01. The molecule has 9 nitrogen and oxygen atoms in total. The smallest absolute Gasteiger partial charge is 0.232 e. The lowest BCUT2D eigenvalue weighted by Crippen LogP contribution is -2.32. The van der Waals surface area contributed by atoms with Crippen LogP contribution in [-0.2, 0) is 21.4 Å². The number of carbonyl (C=O) groups excluding carboxylic acids is 1. The fourth-order valence-electron chi connectivity index (χ4n) is 3.13. The molecule has 0 saturated heterocycles. The number of hydrogen-bond acceptors (Lipinski definition) is 7. The maximum atomic E-state index is 12.3. The van der Waals surface area contributed by atoms with Crippen molar-refractivity contribution < 1.29 is 32.2 Å². The summed E-state index contributed by atoms with van der Waals surface area (Å²) in [6.07, 6.45) is 1.65. The summed E-state index contributed by atoms with van der Waals surface area (Å²) in [6, 6.07) is 10.3. The van der Waals surface area contributed by atoms with E-state index in [2.05, 4.69) is 5.32 Å². The largest absolute Gasteiger partial charge is 0.493 e. The van der Waals surface area contributed by atoms with Gasteiger partial charge in [0, 0.05) is 25.6 Å². The molecule has 0 fully saturated rings. The Bertz CT molecular complexity index is 1020. The first-order valence-electron chi connectivity index (χ1n) is 9.90. The normalized spacial score (nSPS) is 10.9. The molecule has 0 aliphatic rings. The molecule has 0 saturated carbocycles. The Morgan fingerprint density at radius 1 is 0.875 bits per heavy atom. The van der Waals surface area contributed by atoms with E-state index in [0.717, 1.165) is 11.8 Å². The van der Waals surface area contributed by atoms with Gasteiger partial charge in [-0.05, 0) is 36.2 Å². The zero-order valence-electron chi connectivity index (χ0n) is 19.0. The number of carbonyl (C=O) groups is 1. The van der Waals surface area contributed by atoms with E-state index in [1.807, 2.05) is 6.07 Å². The van der Waals surface area contributed by atoms with Crippen molar-refractivity contribution >= 4 is 21.6 Å². The van der Waals surface area contributed by atoms with Gasteiger partial charge in [0.2, 0.25) is 15.9 Å². The van der Waals surface area contributed by atoms with Crippen LogP contribution in [0.4, 0.5) is 5.69 Å². The van der Waals surface area contributed by atoms with Crippen LogP contribution in [0.1, 0.15) is 18.4 Å². The first-order chi connectivity index (χ1) is 15.2. The van der Waals surface area contributed by atoms with Gasteiger partial charge in [0.15, 0.2) is 23.0 Å². The van der Waals surface area contributed by atoms with Crippen molar-refractivity contribution in [1.82, 2.24) is 5.32 Å². The van der Waals surface area contributed by atoms with Gasteiger partial charge >= 0.3 is 0 Å². The van der Waals surface area contributed by atoms with E-state index in [-0.39, 0.29) is 18.9 Å². The van der Waals surface area contributed by atoms with E-state index in [0.29, 0.717) is 41.7 Å². The number of rotatable bonds is 12. The average Bonchev–Trinajstić information content (AvgIpc) is 2.78. The molecular formula is C22H30N2O7S. The summed E-state index contributed by atoms with van der Waals surface area (Å²) in [7, 11) is 2.54. The molecule has 0 aromatic heterocycles. The van der Waals surface area contributed by atoms with E-state index < -0.39 is 10.0 Å². The lowest BCUT2D eigenvalue weighted by Gasteiger charge is -2.23. The molecule has 0 radical (unpaired) electrons. The molecule has 0 bridgehead atoms. The van der Waals surface area contributed by atoms with Crippen molar-refractivity contribution in [3.05, 3.63) is 42.0 Å². The van der Waals surface area contributed by atoms with E-state index in [4.69, 9.17) is 18.9 Å². The summed E-state index contributed by atoms with van der Waals surface area (Å²) in [5.41, 5.74) is 1.30. The van der Waals surface area contributed by atoms with Crippen LogP contribution >= 0.6 is 0 Å². The minimum Gasteiger partial charge on any atom is -0.493 e. The molecule has 1 N–H and O–H groups in total. The third-order valence-corrected chi connectivity index (χ3v) is 5.95. The Hall–Kier alpha value is -3.14. The van der Waals surface area contributed by atoms with E-state index >= 15 is 0 Å². The molecule has 0 heterocycles. The van der Waals surface area contributed by atoms with Gasteiger partial charge in [-0.15, -0.1) is 0 Å². The van der Waals surface area contributed by atoms with Gasteiger partial charge in [-0.1, -0.05) is 6.07 Å². The highest BCUT2D eigenvalue weighted by molar-refractivity contribution is 7.92. The van der Waals surface area contributed by atoms with Crippen LogP contribution in [0.25, 0.3) is 0 Å². The second-order valence-electron chi connectivity index (χ2n) is 6.94. The number of sulfonamides is 1. The molecule has 2 aromatic rings. The third kappa shape index (κ3) is 6.68. The van der Waals surface area contributed by atoms with Gasteiger partial charge in [-0.25, -0.2) is 8.42 Å². The topological polar surface area (TPSA) is 103 Å². The fourth-order valence-corrected chi connectivity index (χ4v) is 4.09. The number of benzene rings is 2. The molecule has 32 heavy (non-hydrogen) atoms. The van der Waals surface area contributed by atoms with E-state index in [9.17, 15) is 13.2 Å². The van der Waals surface area contributed by atoms with Crippen molar-refractivity contribution in [3.8, 4) is 23.0 Å². The maximum absolute atomic E-state index is 12.3. The van der Waals surface area contributed by atoms with Crippen LogP contribution in [0.5, 0.6) is 23.0 Å². The number of ether oxygens (including phenoxy) is 4. The Morgan fingerprint density at radius 3 is 2.00 bits per heavy atom. The van der Waals surface area contributed by atoms with Crippen LogP contribution in [0.2, 0.25) is 0 Å². The molecule has 2 aromatic carbocycles. The van der Waals surface area contributed by atoms with Crippen LogP contribution in [-0.4, -0.2) is 55.6 Å². The minimum absolute atomic E-state index is 0.151. The van der Waals surface area contributed by atoms with Crippen molar-refractivity contribution in [2.24, 2.45) is 0 Å². The van der Waals surface area contributed by atoms with Crippen molar-refractivity contribution in [3.63, 3.8) is 0 Å². The standard InChI is InChI=1S/C22H30N2O7S/c1-28-18-10-8-16(13-20(18)30-3)15-23-22(25)7-6-12-24(32(5,26)27)17-9-11-19(29-2)21(14-17)31-4/h8-11,13-14H,6-7,12,15H2,1-5H3,(H,23,25). The Morgan fingerprint density at radius 2 is 1.44 bits per heavy atom. The lowest BCUT2D eigenvalue weighted by molar-refractivity contribution is -0.121. The first kappa shape index (κ1) is 25.1. The number of hydrogen-bond donors (Lipinski definition) is 1. The fraction of sp³-hybridized carbons (Fsp3) is 0.409. The molecule has 0 spiro atoms. The Balaban J connectivity index is 1.96. The number of nitrogens with zero attached hydrogens (tertiary/aromatic N) is 1. The van der Waals surface area contributed by atoms with Crippen molar-refractivity contribution in [2.45, 2.75) is 19.4 Å². The molecule has 0 aliphatic carbocycles. The van der Waals surface area contributed by atoms with Crippen LogP contribution < -0.4 is 28.6 Å². The van der Waals surface area contributed by atoms with E-state index in [1.54, 1.807) is 44.6 Å². The Labute approximate surface area is 189 Å². The third-order valence-electron chi connectivity index (χ3n) is 4.76. The highest BCUT2D eigenvalue weighted by Gasteiger charge is 2.19. The molecule has 0 aliphatic heterocycles. The molecule has 0 atom stereocenters. The molecule has 0 unspecified atom stereocenters. The summed E-state index contributed by atoms with van der Waals surface area (Å²) in [5, 5.41) is 2.83. The zero-order chi connectivity index (χ0) is 23.7. The van der Waals surface area contributed by atoms with Gasteiger partial charge < -0.3 is 24.3 Å². The van der Waals surface area contributed by atoms with Gasteiger partial charge in [0.1, 0.15) is 0 Å². The number of amides is 1. The SMILES string of the molecule is COc1ccc(CNC(=O)CCCN(c2ccc(OC)c(OC)c2)S(C)(=O)=O)cc1OC. The predicted octanol–water partition coefficient (Wildman–Crippen LogP) is 2.58. The van der Waals surface area contributed by atoms with Crippen LogP contribution in [0.15, 0.2) is 36.4 Å². The highest BCUT2D eigenvalue weighted by atomic mass is 32.2. The second kappa shape index (κ2) is 11.5. The van der Waals surface area contributed by atoms with E-state index in [1.165, 1.54) is 18.5 Å². The predicted molar refractivity (Wildman–Crippen MR) is 122 cm³/mol. The van der Waals surface area contributed by atoms with Gasteiger partial charge in [-0.3, -0.25) is 9.10 Å². The van der Waals surface area contributed by atoms with Crippen molar-refractivity contribution in [2.75, 3.05) is 45.5 Å². The second-order valence-corrected chi connectivity index (χ2v) is 8.85. The summed E-state index contributed by atoms with van der Waals surface area (Å²) in [4.78, 5) is 12.3. The minimum atomic E-state index is -3.55. The summed E-state index contributed by atoms with van der Waals surface area (Å²) < 4.78 is 46.8. The molecule has 1 amide bonds. The van der Waals surface area contributed by atoms with Crippen molar-refractivity contribution in [1.29, 1.82) is 0 Å². The van der Waals surface area contributed by atoms with Gasteiger partial charge in [0.05, 0.1) is 40.4 Å². The number of methoxy groups -OCH3 is 4. The number of nitrogens with one attached hydrogen (secondary N) is 1. The van der Waals surface area contributed by atoms with Gasteiger partial charge in [-0.2, -0.15) is 0 Å². The summed E-state index contributed by atoms with van der Waals surface area (Å²) in [6.45, 7) is 0.475. The van der Waals surface area contributed by atoms with Crippen LogP contribution in [0.3, 0.4) is 0 Å². The highest BCUT2D eigenvalue weighted by Crippen LogP contribution is 2.32. The molecular weight excluding hydrogens is 436 g/mol. The summed E-state index contributed by atoms with van der Waals surface area (Å²) in [5.74, 6) is 1.93. The molecule has 10 heteroatoms. The zero-order valence-corrected chi connectivity index (χ0v) is 19.8. The summed E-state index contributed by atoms with van der Waals surface area (Å²) >= 11 is 0. The molecule has 2 rings (SSSR count). The quantitative estimate of drug-likeness (QED) is 0.513. The molecule has 176 valence electrons. The number of anilines is 1. The average molecular weight is 467 g/mol. The maximum Gasteiger partial charge on any atom is 0.232 e. The monoisotopic (exact) mass is 466 g/mol. The first-order valence-corrected chi connectivity index (χ1v) is 11.8. The lowest BCUT2D eigenvalue weighted by atomic mass is 10.2.